The van der Waals surface area contributed by atoms with Gasteiger partial charge >= 0.3 is 0 Å². The van der Waals surface area contributed by atoms with Crippen molar-refractivity contribution >= 4 is 17.5 Å². The number of aromatic nitrogens is 2. The number of halogens is 1. The van der Waals surface area contributed by atoms with Gasteiger partial charge in [-0.1, -0.05) is 43.7 Å². The van der Waals surface area contributed by atoms with Crippen LogP contribution in [0.15, 0.2) is 24.3 Å². The van der Waals surface area contributed by atoms with Crippen LogP contribution in [0.4, 0.5) is 0 Å². The second kappa shape index (κ2) is 8.47. The van der Waals surface area contributed by atoms with Crippen LogP contribution >= 0.6 is 11.6 Å². The molecule has 2 heterocycles. The Balaban J connectivity index is 1.65. The minimum Gasteiger partial charge on any atom is -0.348 e. The second-order valence-corrected chi connectivity index (χ2v) is 8.30. The van der Waals surface area contributed by atoms with Gasteiger partial charge in [0.05, 0.1) is 5.69 Å². The molecule has 0 radical (unpaired) electrons. The maximum atomic E-state index is 13.1. The molecule has 1 N–H and O–H groups in total. The number of carbonyl (C=O) groups is 1. The first-order chi connectivity index (χ1) is 13.2. The Kier molecular flexibility index (Phi) is 5.82. The molecule has 5 heteroatoms. The molecule has 2 aliphatic rings. The molecule has 1 aromatic heterocycles. The summed E-state index contributed by atoms with van der Waals surface area (Å²) in [5.74, 6) is 0.905. The van der Waals surface area contributed by atoms with E-state index in [4.69, 9.17) is 16.6 Å². The third kappa shape index (κ3) is 4.21. The summed E-state index contributed by atoms with van der Waals surface area (Å²) in [5.41, 5.74) is 2.76. The second-order valence-electron chi connectivity index (χ2n) is 7.86. The summed E-state index contributed by atoms with van der Waals surface area (Å²) in [5, 5.41) is 4.00. The van der Waals surface area contributed by atoms with Gasteiger partial charge in [-0.3, -0.25) is 4.79 Å². The average Bonchev–Trinajstić information content (AvgIpc) is 2.87. The third-order valence-corrected chi connectivity index (χ3v) is 6.13. The van der Waals surface area contributed by atoms with E-state index in [1.165, 1.54) is 32.1 Å². The number of hydrogen-bond acceptors (Lipinski definition) is 2. The van der Waals surface area contributed by atoms with Gasteiger partial charge in [-0.25, -0.2) is 4.98 Å². The third-order valence-electron chi connectivity index (χ3n) is 5.88. The zero-order valence-electron chi connectivity index (χ0n) is 15.8. The summed E-state index contributed by atoms with van der Waals surface area (Å²) in [6.07, 6.45) is 11.5. The molecule has 0 saturated heterocycles. The summed E-state index contributed by atoms with van der Waals surface area (Å²) < 4.78 is 2.26. The van der Waals surface area contributed by atoms with Crippen molar-refractivity contribution in [2.75, 3.05) is 0 Å². The highest BCUT2D eigenvalue weighted by Gasteiger charge is 2.26. The highest BCUT2D eigenvalue weighted by Crippen LogP contribution is 2.28. The van der Waals surface area contributed by atoms with Crippen molar-refractivity contribution in [1.82, 2.24) is 14.9 Å². The molecule has 1 aliphatic carbocycles. The van der Waals surface area contributed by atoms with Crippen LogP contribution in [0.5, 0.6) is 0 Å². The molecule has 4 rings (SSSR count). The number of nitrogens with zero attached hydrogens (tertiary/aromatic N) is 2. The minimum absolute atomic E-state index is 0.00719. The summed E-state index contributed by atoms with van der Waals surface area (Å²) in [6, 6.07) is 8.06. The molecule has 1 fully saturated rings. The van der Waals surface area contributed by atoms with Crippen LogP contribution in [0.3, 0.4) is 0 Å². The highest BCUT2D eigenvalue weighted by atomic mass is 35.5. The molecule has 1 aromatic carbocycles. The zero-order chi connectivity index (χ0) is 18.6. The van der Waals surface area contributed by atoms with Crippen molar-refractivity contribution in [3.8, 4) is 11.4 Å². The summed E-state index contributed by atoms with van der Waals surface area (Å²) in [6.45, 7) is 0.928. The van der Waals surface area contributed by atoms with Crippen molar-refractivity contribution in [3.05, 3.63) is 40.7 Å². The van der Waals surface area contributed by atoms with Gasteiger partial charge in [-0.05, 0) is 56.4 Å². The lowest BCUT2D eigenvalue weighted by atomic mass is 10.1. The van der Waals surface area contributed by atoms with E-state index in [1.807, 2.05) is 24.3 Å². The molecule has 1 saturated carbocycles. The Labute approximate surface area is 166 Å². The lowest BCUT2D eigenvalue weighted by Gasteiger charge is -2.16. The normalized spacial score (nSPS) is 18.4. The van der Waals surface area contributed by atoms with Gasteiger partial charge in [0.1, 0.15) is 11.5 Å². The fourth-order valence-electron chi connectivity index (χ4n) is 4.40. The van der Waals surface area contributed by atoms with E-state index < -0.39 is 0 Å². The monoisotopic (exact) mass is 385 g/mol. The number of rotatable bonds is 3. The van der Waals surface area contributed by atoms with Crippen LogP contribution in [0, 0.1) is 0 Å². The first-order valence-corrected chi connectivity index (χ1v) is 10.8. The van der Waals surface area contributed by atoms with Crippen molar-refractivity contribution in [1.29, 1.82) is 0 Å². The van der Waals surface area contributed by atoms with Crippen LogP contribution in [-0.2, 0) is 13.0 Å². The Morgan fingerprint density at radius 3 is 2.44 bits per heavy atom. The van der Waals surface area contributed by atoms with Gasteiger partial charge in [0.15, 0.2) is 0 Å². The van der Waals surface area contributed by atoms with Gasteiger partial charge in [0.25, 0.3) is 5.91 Å². The molecule has 144 valence electrons. The van der Waals surface area contributed by atoms with Crippen LogP contribution < -0.4 is 5.32 Å². The Morgan fingerprint density at radius 2 is 1.70 bits per heavy atom. The Morgan fingerprint density at radius 1 is 1.00 bits per heavy atom. The minimum atomic E-state index is 0.00719. The van der Waals surface area contributed by atoms with E-state index in [9.17, 15) is 4.79 Å². The number of nitrogens with one attached hydrogen (secondary N) is 1. The molecule has 27 heavy (non-hydrogen) atoms. The molecule has 0 unspecified atom stereocenters. The molecular formula is C22H28ClN3O. The maximum absolute atomic E-state index is 13.1. The van der Waals surface area contributed by atoms with Gasteiger partial charge in [0.2, 0.25) is 0 Å². The fourth-order valence-corrected chi connectivity index (χ4v) is 4.52. The molecule has 0 spiro atoms. The summed E-state index contributed by atoms with van der Waals surface area (Å²) >= 11 is 6.05. The lowest BCUT2D eigenvalue weighted by Crippen LogP contribution is -2.35. The lowest BCUT2D eigenvalue weighted by molar-refractivity contribution is 0.0927. The number of amides is 1. The SMILES string of the molecule is O=C(NC1CCCCCC1)c1nc(-c2ccc(Cl)cc2)n2c1CCCCC2. The molecule has 1 aliphatic heterocycles. The van der Waals surface area contributed by atoms with Crippen LogP contribution in [-0.4, -0.2) is 21.5 Å². The van der Waals surface area contributed by atoms with E-state index >= 15 is 0 Å². The first-order valence-electron chi connectivity index (χ1n) is 10.4. The van der Waals surface area contributed by atoms with Crippen molar-refractivity contribution in [2.45, 2.75) is 76.8 Å². The Bertz CT molecular complexity index is 789. The zero-order valence-corrected chi connectivity index (χ0v) is 16.6. The highest BCUT2D eigenvalue weighted by molar-refractivity contribution is 6.30. The van der Waals surface area contributed by atoms with E-state index in [1.54, 1.807) is 0 Å². The van der Waals surface area contributed by atoms with Gasteiger partial charge < -0.3 is 9.88 Å². The van der Waals surface area contributed by atoms with Crippen LogP contribution in [0.1, 0.15) is 74.0 Å². The quantitative estimate of drug-likeness (QED) is 0.720. The van der Waals surface area contributed by atoms with Crippen molar-refractivity contribution in [3.63, 3.8) is 0 Å². The van der Waals surface area contributed by atoms with Crippen molar-refractivity contribution in [2.24, 2.45) is 0 Å². The molecule has 0 bridgehead atoms. The fraction of sp³-hybridized carbons (Fsp3) is 0.545. The van der Waals surface area contributed by atoms with Gasteiger partial charge in [-0.15, -0.1) is 0 Å². The molecule has 1 amide bonds. The van der Waals surface area contributed by atoms with E-state index in [0.29, 0.717) is 16.8 Å². The topological polar surface area (TPSA) is 46.9 Å². The van der Waals surface area contributed by atoms with Gasteiger partial charge in [-0.2, -0.15) is 0 Å². The van der Waals surface area contributed by atoms with Crippen LogP contribution in [0.25, 0.3) is 11.4 Å². The summed E-state index contributed by atoms with van der Waals surface area (Å²) in [7, 11) is 0. The number of hydrogen-bond donors (Lipinski definition) is 1. The largest absolute Gasteiger partial charge is 0.348 e. The summed E-state index contributed by atoms with van der Waals surface area (Å²) in [4.78, 5) is 17.9. The standard InChI is InChI=1S/C22H28ClN3O/c23-17-13-11-16(12-14-17)21-25-20(19-10-6-3-7-15-26(19)21)22(27)24-18-8-4-1-2-5-9-18/h11-14,18H,1-10,15H2,(H,24,27). The van der Waals surface area contributed by atoms with Crippen LogP contribution in [0.2, 0.25) is 5.02 Å². The number of imidazole rings is 1. The van der Waals surface area contributed by atoms with E-state index in [0.717, 1.165) is 55.7 Å². The van der Waals surface area contributed by atoms with E-state index in [2.05, 4.69) is 9.88 Å². The number of carbonyl (C=O) groups excluding carboxylic acids is 1. The predicted octanol–water partition coefficient (Wildman–Crippen LogP) is 5.38. The number of benzene rings is 1. The van der Waals surface area contributed by atoms with Crippen molar-refractivity contribution < 1.29 is 4.79 Å². The average molecular weight is 386 g/mol. The molecular weight excluding hydrogens is 358 g/mol. The van der Waals surface area contributed by atoms with E-state index in [-0.39, 0.29) is 5.91 Å². The predicted molar refractivity (Wildman–Crippen MR) is 109 cm³/mol. The molecule has 0 atom stereocenters. The maximum Gasteiger partial charge on any atom is 0.272 e. The number of fused-ring (bicyclic) bond motifs is 1. The first kappa shape index (κ1) is 18.5. The molecule has 2 aromatic rings. The smallest absolute Gasteiger partial charge is 0.272 e. The van der Waals surface area contributed by atoms with Gasteiger partial charge in [0, 0.05) is 23.2 Å². The molecule has 4 nitrogen and oxygen atoms in total. The Hall–Kier alpha value is -1.81.